The predicted molar refractivity (Wildman–Crippen MR) is 83.2 cm³/mol. The number of aryl methyl sites for hydroxylation is 3. The Bertz CT molecular complexity index is 697. The summed E-state index contributed by atoms with van der Waals surface area (Å²) in [5.74, 6) is -0.900. The number of hydrogen-bond acceptors (Lipinski definition) is 3. The van der Waals surface area contributed by atoms with Crippen LogP contribution in [0.25, 0.3) is 0 Å². The minimum absolute atomic E-state index is 0.311. The van der Waals surface area contributed by atoms with Crippen LogP contribution in [0.2, 0.25) is 0 Å². The van der Waals surface area contributed by atoms with E-state index in [9.17, 15) is 9.90 Å². The Hall–Kier alpha value is -1.81. The van der Waals surface area contributed by atoms with Crippen molar-refractivity contribution in [3.8, 4) is 0 Å². The van der Waals surface area contributed by atoms with Crippen LogP contribution in [0, 0.1) is 0 Å². The summed E-state index contributed by atoms with van der Waals surface area (Å²) in [5.41, 5.74) is 4.00. The summed E-state index contributed by atoms with van der Waals surface area (Å²) < 4.78 is 0. The average Bonchev–Trinajstić information content (AvgIpc) is 2.94. The lowest BCUT2D eigenvalue weighted by molar-refractivity contribution is 0.0696. The van der Waals surface area contributed by atoms with Crippen LogP contribution in [0.15, 0.2) is 40.3 Å². The molecule has 0 fully saturated rings. The zero-order chi connectivity index (χ0) is 14.8. The molecule has 4 heteroatoms. The number of pyridine rings is 1. The molecular weight excluding hydrogens is 282 g/mol. The molecule has 2 aromatic rings. The lowest BCUT2D eigenvalue weighted by atomic mass is 10.1. The molecule has 1 aromatic carbocycles. The number of carbonyl (C=O) groups is 1. The number of aromatic nitrogens is 1. The van der Waals surface area contributed by atoms with Gasteiger partial charge in [0.1, 0.15) is 5.03 Å². The number of aromatic carboxylic acids is 1. The van der Waals surface area contributed by atoms with Gasteiger partial charge in [-0.2, -0.15) is 0 Å². The van der Waals surface area contributed by atoms with Crippen LogP contribution in [0.3, 0.4) is 0 Å². The first-order valence-corrected chi connectivity index (χ1v) is 8.01. The SMILES string of the molecule is CCc1cc(C(=O)O)cc(Sc2ccc3c(c2)CCC3)n1. The first kappa shape index (κ1) is 14.1. The second-order valence-corrected chi connectivity index (χ2v) is 6.32. The first-order valence-electron chi connectivity index (χ1n) is 7.19. The van der Waals surface area contributed by atoms with Crippen LogP contribution < -0.4 is 0 Å². The summed E-state index contributed by atoms with van der Waals surface area (Å²) in [6, 6.07) is 9.81. The lowest BCUT2D eigenvalue weighted by Crippen LogP contribution is -2.00. The Balaban J connectivity index is 1.90. The third kappa shape index (κ3) is 3.10. The van der Waals surface area contributed by atoms with E-state index < -0.39 is 5.97 Å². The summed E-state index contributed by atoms with van der Waals surface area (Å²) >= 11 is 1.54. The van der Waals surface area contributed by atoms with Gasteiger partial charge in [0.05, 0.1) is 5.56 Å². The van der Waals surface area contributed by atoms with E-state index in [4.69, 9.17) is 0 Å². The van der Waals surface area contributed by atoms with E-state index in [0.29, 0.717) is 5.56 Å². The van der Waals surface area contributed by atoms with Gasteiger partial charge in [-0.15, -0.1) is 0 Å². The zero-order valence-electron chi connectivity index (χ0n) is 11.9. The molecule has 1 aliphatic rings. The van der Waals surface area contributed by atoms with Crippen molar-refractivity contribution in [1.82, 2.24) is 4.98 Å². The molecule has 0 saturated carbocycles. The van der Waals surface area contributed by atoms with E-state index in [-0.39, 0.29) is 0 Å². The number of carboxylic acids is 1. The molecule has 1 aliphatic carbocycles. The largest absolute Gasteiger partial charge is 0.478 e. The highest BCUT2D eigenvalue weighted by atomic mass is 32.2. The average molecular weight is 299 g/mol. The van der Waals surface area contributed by atoms with Crippen molar-refractivity contribution in [1.29, 1.82) is 0 Å². The van der Waals surface area contributed by atoms with E-state index in [2.05, 4.69) is 23.2 Å². The lowest BCUT2D eigenvalue weighted by Gasteiger charge is -2.07. The molecule has 3 nitrogen and oxygen atoms in total. The fraction of sp³-hybridized carbons (Fsp3) is 0.294. The van der Waals surface area contributed by atoms with Gasteiger partial charge >= 0.3 is 5.97 Å². The first-order chi connectivity index (χ1) is 10.2. The molecule has 0 saturated heterocycles. The van der Waals surface area contributed by atoms with Gasteiger partial charge in [-0.3, -0.25) is 0 Å². The fourth-order valence-electron chi connectivity index (χ4n) is 2.65. The van der Waals surface area contributed by atoms with Crippen molar-refractivity contribution in [2.75, 3.05) is 0 Å². The topological polar surface area (TPSA) is 50.2 Å². The Kier molecular flexibility index (Phi) is 3.97. The van der Waals surface area contributed by atoms with E-state index in [1.54, 1.807) is 23.9 Å². The van der Waals surface area contributed by atoms with Crippen molar-refractivity contribution in [2.24, 2.45) is 0 Å². The third-order valence-electron chi connectivity index (χ3n) is 3.76. The number of fused-ring (bicyclic) bond motifs is 1. The van der Waals surface area contributed by atoms with Gasteiger partial charge in [0, 0.05) is 10.6 Å². The van der Waals surface area contributed by atoms with E-state index in [0.717, 1.165) is 28.5 Å². The monoisotopic (exact) mass is 299 g/mol. The smallest absolute Gasteiger partial charge is 0.335 e. The van der Waals surface area contributed by atoms with Gasteiger partial charge in [-0.25, -0.2) is 9.78 Å². The van der Waals surface area contributed by atoms with Crippen LogP contribution >= 0.6 is 11.8 Å². The number of benzene rings is 1. The molecule has 1 N–H and O–H groups in total. The normalized spacial score (nSPS) is 13.2. The molecule has 0 unspecified atom stereocenters. The summed E-state index contributed by atoms with van der Waals surface area (Å²) in [6.07, 6.45) is 4.29. The van der Waals surface area contributed by atoms with Gasteiger partial charge in [0.2, 0.25) is 0 Å². The molecule has 0 aliphatic heterocycles. The Morgan fingerprint density at radius 1 is 1.24 bits per heavy atom. The molecule has 0 atom stereocenters. The maximum atomic E-state index is 11.2. The Labute approximate surface area is 128 Å². The van der Waals surface area contributed by atoms with Gasteiger partial charge in [0.15, 0.2) is 0 Å². The molecule has 3 rings (SSSR count). The minimum atomic E-state index is -0.900. The van der Waals surface area contributed by atoms with Gasteiger partial charge in [0.25, 0.3) is 0 Å². The minimum Gasteiger partial charge on any atom is -0.478 e. The standard InChI is InChI=1S/C17H17NO2S/c1-2-14-8-13(17(19)20)10-16(18-14)21-15-7-6-11-4-3-5-12(11)9-15/h6-10H,2-5H2,1H3,(H,19,20). The van der Waals surface area contributed by atoms with Crippen LogP contribution in [0.5, 0.6) is 0 Å². The van der Waals surface area contributed by atoms with Crippen molar-refractivity contribution < 1.29 is 9.90 Å². The van der Waals surface area contributed by atoms with Gasteiger partial charge < -0.3 is 5.11 Å². The fourth-order valence-corrected chi connectivity index (χ4v) is 3.58. The van der Waals surface area contributed by atoms with Crippen molar-refractivity contribution in [3.05, 3.63) is 52.7 Å². The third-order valence-corrected chi connectivity index (χ3v) is 4.66. The summed E-state index contributed by atoms with van der Waals surface area (Å²) in [7, 11) is 0. The number of rotatable bonds is 4. The van der Waals surface area contributed by atoms with E-state index >= 15 is 0 Å². The van der Waals surface area contributed by atoms with Crippen molar-refractivity contribution in [2.45, 2.75) is 42.5 Å². The maximum Gasteiger partial charge on any atom is 0.335 e. The molecule has 0 radical (unpaired) electrons. The summed E-state index contributed by atoms with van der Waals surface area (Å²) in [4.78, 5) is 16.8. The Morgan fingerprint density at radius 2 is 2.05 bits per heavy atom. The molecule has 21 heavy (non-hydrogen) atoms. The highest BCUT2D eigenvalue weighted by molar-refractivity contribution is 7.99. The summed E-state index contributed by atoms with van der Waals surface area (Å²) in [5, 5.41) is 9.94. The van der Waals surface area contributed by atoms with Crippen molar-refractivity contribution >= 4 is 17.7 Å². The van der Waals surface area contributed by atoms with Crippen LogP contribution in [0.4, 0.5) is 0 Å². The number of nitrogens with zero attached hydrogens (tertiary/aromatic N) is 1. The molecular formula is C17H17NO2S. The molecule has 1 heterocycles. The van der Waals surface area contributed by atoms with Gasteiger partial charge in [-0.05, 0) is 61.1 Å². The zero-order valence-corrected chi connectivity index (χ0v) is 12.7. The van der Waals surface area contributed by atoms with E-state index in [1.165, 1.54) is 24.0 Å². The van der Waals surface area contributed by atoms with Gasteiger partial charge in [-0.1, -0.05) is 24.8 Å². The Morgan fingerprint density at radius 3 is 2.81 bits per heavy atom. The van der Waals surface area contributed by atoms with Crippen LogP contribution in [-0.4, -0.2) is 16.1 Å². The highest BCUT2D eigenvalue weighted by Crippen LogP contribution is 2.31. The molecule has 0 spiro atoms. The van der Waals surface area contributed by atoms with E-state index in [1.807, 2.05) is 6.92 Å². The molecule has 0 amide bonds. The van der Waals surface area contributed by atoms with Crippen LogP contribution in [-0.2, 0) is 19.3 Å². The predicted octanol–water partition coefficient (Wildman–Crippen LogP) is 3.98. The van der Waals surface area contributed by atoms with Crippen molar-refractivity contribution in [3.63, 3.8) is 0 Å². The molecule has 108 valence electrons. The maximum absolute atomic E-state index is 11.2. The second-order valence-electron chi connectivity index (χ2n) is 5.23. The van der Waals surface area contributed by atoms with Crippen LogP contribution in [0.1, 0.15) is 40.5 Å². The molecule has 1 aromatic heterocycles. The quantitative estimate of drug-likeness (QED) is 0.927. The molecule has 0 bridgehead atoms. The second kappa shape index (κ2) is 5.90. The number of hydrogen-bond donors (Lipinski definition) is 1. The highest BCUT2D eigenvalue weighted by Gasteiger charge is 2.13. The number of carboxylic acid groups (broad SMARTS) is 1. The summed E-state index contributed by atoms with van der Waals surface area (Å²) in [6.45, 7) is 1.98.